The molecule has 1 aromatic carbocycles. The maximum Gasteiger partial charge on any atom is 0.262 e. The number of carbonyl (C=O) groups is 1. The fraction of sp³-hybridized carbons (Fsp3) is 0.188. The van der Waals surface area contributed by atoms with E-state index in [0.717, 1.165) is 5.69 Å². The molecule has 7 heteroatoms. The van der Waals surface area contributed by atoms with Gasteiger partial charge in [0.1, 0.15) is 11.4 Å². The Labute approximate surface area is 137 Å². The van der Waals surface area contributed by atoms with Crippen LogP contribution in [-0.4, -0.2) is 29.6 Å². The van der Waals surface area contributed by atoms with Crippen LogP contribution in [0.3, 0.4) is 0 Å². The highest BCUT2D eigenvalue weighted by Gasteiger charge is 2.09. The second-order valence-electron chi connectivity index (χ2n) is 5.31. The van der Waals surface area contributed by atoms with Crippen LogP contribution >= 0.6 is 11.3 Å². The molecule has 0 saturated heterocycles. The van der Waals surface area contributed by atoms with Gasteiger partial charge in [0.25, 0.3) is 5.56 Å². The number of nitrogens with zero attached hydrogens (tertiary/aromatic N) is 3. The van der Waals surface area contributed by atoms with Crippen molar-refractivity contribution in [3.05, 3.63) is 52.4 Å². The van der Waals surface area contributed by atoms with Gasteiger partial charge in [0, 0.05) is 25.5 Å². The lowest BCUT2D eigenvalue weighted by Crippen LogP contribution is -2.27. The molecule has 0 atom stereocenters. The number of fused-ring (bicyclic) bond motifs is 1. The molecule has 1 amide bonds. The minimum Gasteiger partial charge on any atom is -0.378 e. The number of rotatable bonds is 4. The highest BCUT2D eigenvalue weighted by Crippen LogP contribution is 2.16. The van der Waals surface area contributed by atoms with Gasteiger partial charge in [0.2, 0.25) is 5.91 Å². The first kappa shape index (κ1) is 15.2. The van der Waals surface area contributed by atoms with Gasteiger partial charge in [-0.05, 0) is 35.7 Å². The number of aromatic nitrogens is 2. The summed E-state index contributed by atoms with van der Waals surface area (Å²) in [5, 5.41) is 5.14. The van der Waals surface area contributed by atoms with Crippen molar-refractivity contribution in [1.82, 2.24) is 9.55 Å². The summed E-state index contributed by atoms with van der Waals surface area (Å²) in [7, 11) is 3.90. The fourth-order valence-electron chi connectivity index (χ4n) is 2.20. The van der Waals surface area contributed by atoms with Crippen molar-refractivity contribution in [2.45, 2.75) is 6.54 Å². The summed E-state index contributed by atoms with van der Waals surface area (Å²) in [6.45, 7) is -0.0624. The van der Waals surface area contributed by atoms with Crippen LogP contribution in [0.1, 0.15) is 0 Å². The first-order valence-electron chi connectivity index (χ1n) is 7.04. The van der Waals surface area contributed by atoms with Crippen molar-refractivity contribution in [1.29, 1.82) is 0 Å². The quantitative estimate of drug-likeness (QED) is 0.797. The third-order valence-corrected chi connectivity index (χ3v) is 4.25. The zero-order valence-corrected chi connectivity index (χ0v) is 13.6. The van der Waals surface area contributed by atoms with Gasteiger partial charge >= 0.3 is 0 Å². The van der Waals surface area contributed by atoms with Gasteiger partial charge in [-0.2, -0.15) is 0 Å². The molecular weight excluding hydrogens is 312 g/mol. The zero-order chi connectivity index (χ0) is 16.4. The lowest BCUT2D eigenvalue weighted by Gasteiger charge is -2.13. The SMILES string of the molecule is CN(C)c1ccc(NC(=O)Cn2cnc3sccc3c2=O)cc1. The van der Waals surface area contributed by atoms with E-state index < -0.39 is 0 Å². The normalized spacial score (nSPS) is 10.7. The molecule has 1 N–H and O–H groups in total. The standard InChI is InChI=1S/C16H16N4O2S/c1-19(2)12-5-3-11(4-6-12)18-14(21)9-20-10-17-15-13(16(20)22)7-8-23-15/h3-8,10H,9H2,1-2H3,(H,18,21). The highest BCUT2D eigenvalue weighted by atomic mass is 32.1. The van der Waals surface area contributed by atoms with E-state index in [1.165, 1.54) is 22.2 Å². The Balaban J connectivity index is 1.73. The summed E-state index contributed by atoms with van der Waals surface area (Å²) in [6, 6.07) is 9.22. The van der Waals surface area contributed by atoms with E-state index in [1.54, 1.807) is 6.07 Å². The molecule has 0 spiro atoms. The van der Waals surface area contributed by atoms with E-state index in [9.17, 15) is 9.59 Å². The number of hydrogen-bond acceptors (Lipinski definition) is 5. The van der Waals surface area contributed by atoms with Crippen LogP contribution < -0.4 is 15.8 Å². The molecule has 2 heterocycles. The first-order valence-corrected chi connectivity index (χ1v) is 7.92. The topological polar surface area (TPSA) is 67.2 Å². The van der Waals surface area contributed by atoms with Crippen LogP contribution in [-0.2, 0) is 11.3 Å². The Morgan fingerprint density at radius 1 is 1.26 bits per heavy atom. The molecule has 0 bridgehead atoms. The average Bonchev–Trinajstić information content (AvgIpc) is 3.00. The summed E-state index contributed by atoms with van der Waals surface area (Å²) in [5.41, 5.74) is 1.54. The number of anilines is 2. The van der Waals surface area contributed by atoms with Crippen LogP contribution in [0.15, 0.2) is 46.8 Å². The number of nitrogens with one attached hydrogen (secondary N) is 1. The highest BCUT2D eigenvalue weighted by molar-refractivity contribution is 7.16. The van der Waals surface area contributed by atoms with E-state index >= 15 is 0 Å². The van der Waals surface area contributed by atoms with Crippen molar-refractivity contribution in [3.63, 3.8) is 0 Å². The van der Waals surface area contributed by atoms with Crippen molar-refractivity contribution in [3.8, 4) is 0 Å². The van der Waals surface area contributed by atoms with E-state index in [2.05, 4.69) is 10.3 Å². The Morgan fingerprint density at radius 3 is 2.70 bits per heavy atom. The minimum atomic E-state index is -0.263. The van der Waals surface area contributed by atoms with Crippen LogP contribution in [0.2, 0.25) is 0 Å². The minimum absolute atomic E-state index is 0.0624. The molecule has 2 aromatic heterocycles. The monoisotopic (exact) mass is 328 g/mol. The molecule has 6 nitrogen and oxygen atoms in total. The zero-order valence-electron chi connectivity index (χ0n) is 12.8. The van der Waals surface area contributed by atoms with Gasteiger partial charge < -0.3 is 10.2 Å². The molecule has 0 saturated carbocycles. The summed E-state index contributed by atoms with van der Waals surface area (Å²) < 4.78 is 1.32. The molecule has 3 rings (SSSR count). The van der Waals surface area contributed by atoms with Crippen molar-refractivity contribution >= 4 is 38.8 Å². The molecular formula is C16H16N4O2S. The lowest BCUT2D eigenvalue weighted by atomic mass is 10.2. The predicted octanol–water partition coefficient (Wildman–Crippen LogP) is 2.16. The van der Waals surface area contributed by atoms with Gasteiger partial charge in [0.15, 0.2) is 0 Å². The number of benzene rings is 1. The molecule has 0 fully saturated rings. The average molecular weight is 328 g/mol. The Morgan fingerprint density at radius 2 is 2.00 bits per heavy atom. The smallest absolute Gasteiger partial charge is 0.262 e. The lowest BCUT2D eigenvalue weighted by molar-refractivity contribution is -0.116. The summed E-state index contributed by atoms with van der Waals surface area (Å²) in [5.74, 6) is -0.263. The largest absolute Gasteiger partial charge is 0.378 e. The van der Waals surface area contributed by atoms with Gasteiger partial charge in [0.05, 0.1) is 11.7 Å². The van der Waals surface area contributed by atoms with E-state index in [4.69, 9.17) is 0 Å². The Hall–Kier alpha value is -2.67. The maximum atomic E-state index is 12.2. The third-order valence-electron chi connectivity index (χ3n) is 3.43. The van der Waals surface area contributed by atoms with Crippen LogP contribution in [0.25, 0.3) is 10.2 Å². The molecule has 0 unspecified atom stereocenters. The first-order chi connectivity index (χ1) is 11.0. The van der Waals surface area contributed by atoms with Gasteiger partial charge in [-0.15, -0.1) is 11.3 Å². The molecule has 23 heavy (non-hydrogen) atoms. The van der Waals surface area contributed by atoms with E-state index in [0.29, 0.717) is 15.9 Å². The van der Waals surface area contributed by atoms with Crippen LogP contribution in [0.4, 0.5) is 11.4 Å². The molecule has 3 aromatic rings. The third kappa shape index (κ3) is 3.24. The second-order valence-corrected chi connectivity index (χ2v) is 6.20. The summed E-state index contributed by atoms with van der Waals surface area (Å²) in [4.78, 5) is 31.2. The molecule has 118 valence electrons. The van der Waals surface area contributed by atoms with Gasteiger partial charge in [-0.3, -0.25) is 14.2 Å². The summed E-state index contributed by atoms with van der Waals surface area (Å²) >= 11 is 1.41. The molecule has 0 radical (unpaired) electrons. The summed E-state index contributed by atoms with van der Waals surface area (Å²) in [6.07, 6.45) is 1.41. The van der Waals surface area contributed by atoms with Crippen LogP contribution in [0, 0.1) is 0 Å². The van der Waals surface area contributed by atoms with Gasteiger partial charge in [-0.25, -0.2) is 4.98 Å². The number of thiophene rings is 1. The number of hydrogen-bond donors (Lipinski definition) is 1. The number of amides is 1. The van der Waals surface area contributed by atoms with Crippen molar-refractivity contribution < 1.29 is 4.79 Å². The van der Waals surface area contributed by atoms with Crippen LogP contribution in [0.5, 0.6) is 0 Å². The predicted molar refractivity (Wildman–Crippen MR) is 93.3 cm³/mol. The van der Waals surface area contributed by atoms with E-state index in [1.807, 2.05) is 48.6 Å². The Bertz CT molecular complexity index is 896. The van der Waals surface area contributed by atoms with Crippen molar-refractivity contribution in [2.75, 3.05) is 24.3 Å². The fourth-order valence-corrected chi connectivity index (χ4v) is 2.93. The molecule has 0 aliphatic rings. The van der Waals surface area contributed by atoms with E-state index in [-0.39, 0.29) is 18.0 Å². The molecule has 0 aliphatic heterocycles. The molecule has 0 aliphatic carbocycles. The second kappa shape index (κ2) is 6.21. The van der Waals surface area contributed by atoms with Crippen molar-refractivity contribution in [2.24, 2.45) is 0 Å². The van der Waals surface area contributed by atoms with Gasteiger partial charge in [-0.1, -0.05) is 0 Å². The maximum absolute atomic E-state index is 12.2. The Kier molecular flexibility index (Phi) is 4.12. The number of carbonyl (C=O) groups excluding carboxylic acids is 1.